The van der Waals surface area contributed by atoms with Gasteiger partial charge in [0.25, 0.3) is 0 Å². The molecule has 2 unspecified atom stereocenters. The van der Waals surface area contributed by atoms with Crippen molar-refractivity contribution in [3.63, 3.8) is 0 Å². The Kier molecular flexibility index (Phi) is 3.34. The molecule has 1 aliphatic carbocycles. The van der Waals surface area contributed by atoms with Gasteiger partial charge < -0.3 is 10.1 Å². The maximum atomic E-state index is 11.7. The van der Waals surface area contributed by atoms with Gasteiger partial charge in [-0.15, -0.1) is 0 Å². The number of benzene rings is 1. The van der Waals surface area contributed by atoms with Crippen LogP contribution in [-0.2, 0) is 17.6 Å². The number of ether oxygens (including phenoxy) is 1. The lowest BCUT2D eigenvalue weighted by molar-refractivity contribution is -0.113. The summed E-state index contributed by atoms with van der Waals surface area (Å²) in [5.74, 6) is 1.81. The lowest BCUT2D eigenvalue weighted by Gasteiger charge is -2.23. The molecular formula is C17H17N2O2P. The third-order valence-corrected chi connectivity index (χ3v) is 5.67. The Labute approximate surface area is 131 Å². The van der Waals surface area contributed by atoms with E-state index in [9.17, 15) is 4.79 Å². The second-order valence-electron chi connectivity index (χ2n) is 5.77. The summed E-state index contributed by atoms with van der Waals surface area (Å²) >= 11 is 0. The SMILES string of the molecule is CC(=O)C1=CN=C2NC=C(Oc3ccc4c(c3)CCC4)PC12. The molecule has 0 bridgehead atoms. The Hall–Kier alpha value is -1.93. The average Bonchev–Trinajstić information content (AvgIpc) is 3.12. The quantitative estimate of drug-likeness (QED) is 0.873. The number of fused-ring (bicyclic) bond motifs is 2. The topological polar surface area (TPSA) is 50.7 Å². The van der Waals surface area contributed by atoms with Gasteiger partial charge in [0.1, 0.15) is 17.1 Å². The van der Waals surface area contributed by atoms with Crippen molar-refractivity contribution in [3.05, 3.63) is 52.8 Å². The maximum absolute atomic E-state index is 11.7. The number of carbonyl (C=O) groups excluding carboxylic acids is 1. The van der Waals surface area contributed by atoms with Gasteiger partial charge in [-0.3, -0.25) is 4.79 Å². The number of nitrogens with one attached hydrogen (secondary N) is 1. The van der Waals surface area contributed by atoms with Gasteiger partial charge in [0.2, 0.25) is 0 Å². The summed E-state index contributed by atoms with van der Waals surface area (Å²) in [5, 5.41) is 3.15. The molecule has 0 spiro atoms. The molecule has 3 aliphatic rings. The highest BCUT2D eigenvalue weighted by Crippen LogP contribution is 2.40. The lowest BCUT2D eigenvalue weighted by Crippen LogP contribution is -2.32. The molecule has 0 radical (unpaired) electrons. The Bertz CT molecular complexity index is 749. The highest BCUT2D eigenvalue weighted by molar-refractivity contribution is 7.45. The Balaban J connectivity index is 1.51. The predicted molar refractivity (Wildman–Crippen MR) is 88.6 cm³/mol. The third kappa shape index (κ3) is 2.38. The largest absolute Gasteiger partial charge is 0.456 e. The second-order valence-corrected chi connectivity index (χ2v) is 7.13. The number of aryl methyl sites for hydroxylation is 2. The molecule has 4 rings (SSSR count). The number of hydrogen-bond acceptors (Lipinski definition) is 4. The van der Waals surface area contributed by atoms with E-state index in [1.54, 1.807) is 13.1 Å². The van der Waals surface area contributed by atoms with Crippen LogP contribution in [0.25, 0.3) is 0 Å². The van der Waals surface area contributed by atoms with Gasteiger partial charge in [0.05, 0.1) is 5.66 Å². The van der Waals surface area contributed by atoms with Crippen molar-refractivity contribution in [1.82, 2.24) is 5.32 Å². The fraction of sp³-hybridized carbons (Fsp3) is 0.294. The molecule has 112 valence electrons. The molecule has 2 atom stereocenters. The number of Topliss-reactive ketones (excluding diaryl/α,β-unsaturated/α-hetero) is 1. The van der Waals surface area contributed by atoms with E-state index in [2.05, 4.69) is 22.4 Å². The van der Waals surface area contributed by atoms with Crippen LogP contribution in [-0.4, -0.2) is 17.3 Å². The van der Waals surface area contributed by atoms with E-state index in [-0.39, 0.29) is 11.4 Å². The second kappa shape index (κ2) is 5.36. The summed E-state index contributed by atoms with van der Waals surface area (Å²) < 4.78 is 6.03. The van der Waals surface area contributed by atoms with Gasteiger partial charge in [-0.05, 0) is 58.0 Å². The van der Waals surface area contributed by atoms with E-state index in [1.165, 1.54) is 24.0 Å². The van der Waals surface area contributed by atoms with E-state index >= 15 is 0 Å². The summed E-state index contributed by atoms with van der Waals surface area (Å²) in [4.78, 5) is 15.9. The highest BCUT2D eigenvalue weighted by Gasteiger charge is 2.32. The van der Waals surface area contributed by atoms with Crippen molar-refractivity contribution in [1.29, 1.82) is 0 Å². The van der Waals surface area contributed by atoms with Crippen LogP contribution in [0.3, 0.4) is 0 Å². The van der Waals surface area contributed by atoms with Crippen LogP contribution < -0.4 is 10.1 Å². The number of amidine groups is 1. The fourth-order valence-electron chi connectivity index (χ4n) is 3.12. The van der Waals surface area contributed by atoms with Gasteiger partial charge in [0, 0.05) is 18.0 Å². The Morgan fingerprint density at radius 1 is 1.36 bits per heavy atom. The number of aliphatic imine (C=N–C) groups is 1. The zero-order valence-corrected chi connectivity index (χ0v) is 13.3. The van der Waals surface area contributed by atoms with E-state index in [4.69, 9.17) is 4.74 Å². The first-order valence-electron chi connectivity index (χ1n) is 7.52. The molecular weight excluding hydrogens is 295 g/mol. The van der Waals surface area contributed by atoms with E-state index in [0.29, 0.717) is 8.58 Å². The number of carbonyl (C=O) groups is 1. The van der Waals surface area contributed by atoms with Gasteiger partial charge in [0.15, 0.2) is 5.78 Å². The number of rotatable bonds is 3. The minimum absolute atomic E-state index is 0.0342. The standard InChI is InChI=1S/C17H17N2O2P/c1-10(20)14-8-18-17-16(14)22-15(9-19-17)21-13-6-5-11-3-2-4-12(11)7-13/h5-9,16,22H,2-4H2,1H3,(H,18,19). The van der Waals surface area contributed by atoms with Crippen LogP contribution in [0.1, 0.15) is 24.5 Å². The third-order valence-electron chi connectivity index (χ3n) is 4.27. The molecule has 0 amide bonds. The Morgan fingerprint density at radius 2 is 2.23 bits per heavy atom. The minimum Gasteiger partial charge on any atom is -0.456 e. The van der Waals surface area contributed by atoms with Crippen LogP contribution in [0.2, 0.25) is 0 Å². The van der Waals surface area contributed by atoms with Crippen molar-refractivity contribution in [3.8, 4) is 5.75 Å². The van der Waals surface area contributed by atoms with Gasteiger partial charge in [-0.2, -0.15) is 0 Å². The summed E-state index contributed by atoms with van der Waals surface area (Å²) in [6, 6.07) is 6.35. The van der Waals surface area contributed by atoms with Gasteiger partial charge in [-0.25, -0.2) is 4.99 Å². The first-order chi connectivity index (χ1) is 10.7. The number of nitrogens with zero attached hydrogens (tertiary/aromatic N) is 1. The molecule has 4 nitrogen and oxygen atoms in total. The number of ketones is 1. The molecule has 1 aromatic rings. The molecule has 5 heteroatoms. The first-order valence-corrected chi connectivity index (χ1v) is 8.60. The minimum atomic E-state index is 0.0342. The molecule has 0 saturated heterocycles. The van der Waals surface area contributed by atoms with Crippen molar-refractivity contribution in [2.24, 2.45) is 4.99 Å². The highest BCUT2D eigenvalue weighted by atomic mass is 31.1. The zero-order valence-electron chi connectivity index (χ0n) is 12.3. The molecule has 1 aromatic carbocycles. The molecule has 2 heterocycles. The van der Waals surface area contributed by atoms with Gasteiger partial charge >= 0.3 is 0 Å². The van der Waals surface area contributed by atoms with Crippen molar-refractivity contribution in [2.75, 3.05) is 0 Å². The van der Waals surface area contributed by atoms with Crippen LogP contribution in [0.15, 0.2) is 46.7 Å². The lowest BCUT2D eigenvalue weighted by atomic mass is 10.1. The summed E-state index contributed by atoms with van der Waals surface area (Å²) in [7, 11) is 0.392. The van der Waals surface area contributed by atoms with Crippen molar-refractivity contribution < 1.29 is 9.53 Å². The van der Waals surface area contributed by atoms with Crippen LogP contribution >= 0.6 is 8.58 Å². The van der Waals surface area contributed by atoms with E-state index < -0.39 is 0 Å². The summed E-state index contributed by atoms with van der Waals surface area (Å²) in [6.45, 7) is 1.59. The maximum Gasteiger partial charge on any atom is 0.158 e. The average molecular weight is 312 g/mol. The van der Waals surface area contributed by atoms with E-state index in [0.717, 1.165) is 29.1 Å². The fourth-order valence-corrected chi connectivity index (χ4v) is 4.46. The summed E-state index contributed by atoms with van der Waals surface area (Å²) in [6.07, 6.45) is 7.09. The molecule has 22 heavy (non-hydrogen) atoms. The summed E-state index contributed by atoms with van der Waals surface area (Å²) in [5.41, 5.74) is 4.52. The van der Waals surface area contributed by atoms with Crippen LogP contribution in [0.5, 0.6) is 5.75 Å². The monoisotopic (exact) mass is 312 g/mol. The van der Waals surface area contributed by atoms with Crippen LogP contribution in [0.4, 0.5) is 0 Å². The van der Waals surface area contributed by atoms with Crippen molar-refractivity contribution in [2.45, 2.75) is 31.8 Å². The number of hydrogen-bond donors (Lipinski definition) is 1. The molecule has 2 aliphatic heterocycles. The molecule has 0 aromatic heterocycles. The zero-order chi connectivity index (χ0) is 15.1. The molecule has 0 fully saturated rings. The Morgan fingerprint density at radius 3 is 3.09 bits per heavy atom. The predicted octanol–water partition coefficient (Wildman–Crippen LogP) is 2.89. The van der Waals surface area contributed by atoms with Crippen molar-refractivity contribution >= 4 is 20.2 Å². The van der Waals surface area contributed by atoms with Gasteiger partial charge in [-0.1, -0.05) is 6.07 Å². The van der Waals surface area contributed by atoms with Crippen LogP contribution in [0, 0.1) is 0 Å². The molecule has 1 N–H and O–H groups in total. The van der Waals surface area contributed by atoms with E-state index in [1.807, 2.05) is 12.3 Å². The molecule has 0 saturated carbocycles. The normalized spacial score (nSPS) is 23.1. The smallest absolute Gasteiger partial charge is 0.158 e. The first kappa shape index (κ1) is 13.7.